The van der Waals surface area contributed by atoms with E-state index in [9.17, 15) is 13.2 Å². The number of nitrogens with zero attached hydrogens (tertiary/aromatic N) is 1. The van der Waals surface area contributed by atoms with Gasteiger partial charge in [-0.15, -0.1) is 0 Å². The van der Waals surface area contributed by atoms with Crippen LogP contribution in [0.15, 0.2) is 0 Å². The van der Waals surface area contributed by atoms with Gasteiger partial charge in [0.2, 0.25) is 5.91 Å². The Hall–Kier alpha value is -0.290. The monoisotopic (exact) mass is 223 g/mol. The maximum absolute atomic E-state index is 11.3. The normalized spacial score (nSPS) is 33.9. The highest BCUT2D eigenvalue weighted by atomic mass is 35.7. The first-order chi connectivity index (χ1) is 6.02. The van der Waals surface area contributed by atoms with Crippen molar-refractivity contribution < 1.29 is 13.2 Å². The van der Waals surface area contributed by atoms with Crippen molar-refractivity contribution in [2.24, 2.45) is 5.92 Å². The summed E-state index contributed by atoms with van der Waals surface area (Å²) < 4.78 is 22.7. The predicted molar refractivity (Wildman–Crippen MR) is 47.4 cm³/mol. The van der Waals surface area contributed by atoms with Gasteiger partial charge < -0.3 is 0 Å². The van der Waals surface area contributed by atoms with Crippen LogP contribution in [0.1, 0.15) is 25.7 Å². The second-order valence-electron chi connectivity index (χ2n) is 3.53. The molecule has 74 valence electrons. The van der Waals surface area contributed by atoms with Crippen molar-refractivity contribution in [2.75, 3.05) is 0 Å². The molecule has 0 spiro atoms. The predicted octanol–water partition coefficient (Wildman–Crippen LogP) is 0.871. The van der Waals surface area contributed by atoms with E-state index in [1.807, 2.05) is 0 Å². The van der Waals surface area contributed by atoms with Crippen LogP contribution in [0.2, 0.25) is 0 Å². The molecule has 1 amide bonds. The first-order valence-electron chi connectivity index (χ1n) is 4.29. The molecule has 0 N–H and O–H groups in total. The quantitative estimate of drug-likeness (QED) is 0.490. The zero-order valence-corrected chi connectivity index (χ0v) is 8.51. The number of fused-ring (bicyclic) bond motifs is 1. The Morgan fingerprint density at radius 1 is 1.31 bits per heavy atom. The first-order valence-corrected chi connectivity index (χ1v) is 6.56. The molecule has 2 fully saturated rings. The average molecular weight is 224 g/mol. The molecule has 2 rings (SSSR count). The minimum atomic E-state index is -3.83. The summed E-state index contributed by atoms with van der Waals surface area (Å²) in [7, 11) is 1.30. The number of amides is 1. The summed E-state index contributed by atoms with van der Waals surface area (Å²) in [4.78, 5) is 11.3. The maximum Gasteiger partial charge on any atom is 0.324 e. The molecule has 1 aliphatic carbocycles. The Kier molecular flexibility index (Phi) is 2.03. The number of carbonyl (C=O) groups excluding carboxylic acids is 1. The summed E-state index contributed by atoms with van der Waals surface area (Å²) in [6, 6.07) is -0.149. The van der Waals surface area contributed by atoms with E-state index in [-0.39, 0.29) is 17.9 Å². The van der Waals surface area contributed by atoms with Gasteiger partial charge in [-0.05, 0) is 12.8 Å². The minimum absolute atomic E-state index is 0.0812. The molecule has 2 unspecified atom stereocenters. The number of carbonyl (C=O) groups is 1. The van der Waals surface area contributed by atoms with Gasteiger partial charge in [0, 0.05) is 10.7 Å². The zero-order valence-electron chi connectivity index (χ0n) is 6.94. The molecule has 1 saturated carbocycles. The number of β-lactam (4-membered cyclic amide) rings is 1. The fraction of sp³-hybridized carbons (Fsp3) is 0.857. The van der Waals surface area contributed by atoms with E-state index in [0.717, 1.165) is 30.0 Å². The van der Waals surface area contributed by atoms with E-state index in [4.69, 9.17) is 10.7 Å². The average Bonchev–Trinajstić information content (AvgIpc) is 2.00. The number of halogens is 1. The highest BCUT2D eigenvalue weighted by molar-refractivity contribution is 8.12. The molecule has 0 aromatic rings. The molecule has 2 aliphatic rings. The van der Waals surface area contributed by atoms with E-state index in [1.54, 1.807) is 0 Å². The van der Waals surface area contributed by atoms with Crippen LogP contribution < -0.4 is 0 Å². The lowest BCUT2D eigenvalue weighted by atomic mass is 9.78. The van der Waals surface area contributed by atoms with Crippen molar-refractivity contribution in [3.63, 3.8) is 0 Å². The Balaban J connectivity index is 2.21. The summed E-state index contributed by atoms with van der Waals surface area (Å²) in [5.74, 6) is -0.401. The molecule has 0 bridgehead atoms. The molecule has 0 aromatic heterocycles. The third kappa shape index (κ3) is 1.34. The number of hydrogen-bond acceptors (Lipinski definition) is 3. The van der Waals surface area contributed by atoms with Crippen molar-refractivity contribution in [3.8, 4) is 0 Å². The molecule has 2 atom stereocenters. The van der Waals surface area contributed by atoms with E-state index >= 15 is 0 Å². The lowest BCUT2D eigenvalue weighted by molar-refractivity contribution is -0.148. The Morgan fingerprint density at radius 2 is 1.92 bits per heavy atom. The molecule has 1 aliphatic heterocycles. The van der Waals surface area contributed by atoms with Gasteiger partial charge in [-0.2, -0.15) is 8.42 Å². The molecule has 4 nitrogen and oxygen atoms in total. The fourth-order valence-corrected chi connectivity index (χ4v) is 3.63. The van der Waals surface area contributed by atoms with Gasteiger partial charge in [-0.1, -0.05) is 12.8 Å². The standard InChI is InChI=1S/C7H10ClNO3S/c8-13(11,12)9-6-4-2-1-3-5(6)7(9)10/h5-6H,1-4H2. The van der Waals surface area contributed by atoms with E-state index in [1.165, 1.54) is 0 Å². The minimum Gasteiger partial charge on any atom is -0.273 e. The molecule has 1 heterocycles. The van der Waals surface area contributed by atoms with Crippen LogP contribution >= 0.6 is 10.7 Å². The second kappa shape index (κ2) is 2.85. The first kappa shape index (κ1) is 9.27. The molecule has 1 saturated heterocycles. The van der Waals surface area contributed by atoms with Crippen LogP contribution in [0.25, 0.3) is 0 Å². The van der Waals surface area contributed by atoms with Gasteiger partial charge in [0.1, 0.15) is 0 Å². The highest BCUT2D eigenvalue weighted by Gasteiger charge is 2.53. The van der Waals surface area contributed by atoms with Gasteiger partial charge in [-0.3, -0.25) is 4.79 Å². The third-order valence-corrected chi connectivity index (χ3v) is 4.17. The molecule has 0 aromatic carbocycles. The van der Waals surface area contributed by atoms with Crippen molar-refractivity contribution >= 4 is 25.8 Å². The lowest BCUT2D eigenvalue weighted by Gasteiger charge is -2.46. The van der Waals surface area contributed by atoms with Crippen LogP contribution in [0.4, 0.5) is 0 Å². The summed E-state index contributed by atoms with van der Waals surface area (Å²) in [6.45, 7) is 0. The van der Waals surface area contributed by atoms with Crippen molar-refractivity contribution in [1.29, 1.82) is 0 Å². The fourth-order valence-electron chi connectivity index (χ4n) is 2.19. The van der Waals surface area contributed by atoms with Gasteiger partial charge >= 0.3 is 9.24 Å². The van der Waals surface area contributed by atoms with Gasteiger partial charge in [0.25, 0.3) is 0 Å². The Bertz CT molecular complexity index is 340. The lowest BCUT2D eigenvalue weighted by Crippen LogP contribution is -2.62. The van der Waals surface area contributed by atoms with Gasteiger partial charge in [-0.25, -0.2) is 4.31 Å². The van der Waals surface area contributed by atoms with Crippen LogP contribution in [0, 0.1) is 5.92 Å². The van der Waals surface area contributed by atoms with Gasteiger partial charge in [0.05, 0.1) is 12.0 Å². The second-order valence-corrected chi connectivity index (χ2v) is 5.92. The SMILES string of the molecule is O=C1C2CCCCC2N1S(=O)(=O)Cl. The van der Waals surface area contributed by atoms with Crippen LogP contribution in [-0.4, -0.2) is 24.7 Å². The summed E-state index contributed by atoms with van der Waals surface area (Å²) in [6.07, 6.45) is 3.58. The summed E-state index contributed by atoms with van der Waals surface area (Å²) in [5, 5.41) is 0. The van der Waals surface area contributed by atoms with E-state index in [2.05, 4.69) is 0 Å². The smallest absolute Gasteiger partial charge is 0.273 e. The summed E-state index contributed by atoms with van der Waals surface area (Å²) >= 11 is 0. The molecular formula is C7H10ClNO3S. The van der Waals surface area contributed by atoms with Crippen molar-refractivity contribution in [3.05, 3.63) is 0 Å². The molecule has 0 radical (unpaired) electrons. The van der Waals surface area contributed by atoms with Crippen LogP contribution in [0.3, 0.4) is 0 Å². The van der Waals surface area contributed by atoms with Crippen molar-refractivity contribution in [2.45, 2.75) is 31.7 Å². The van der Waals surface area contributed by atoms with Crippen LogP contribution in [0.5, 0.6) is 0 Å². The highest BCUT2D eigenvalue weighted by Crippen LogP contribution is 2.40. The summed E-state index contributed by atoms with van der Waals surface area (Å²) in [5.41, 5.74) is 0. The topological polar surface area (TPSA) is 54.5 Å². The number of hydrogen-bond donors (Lipinski definition) is 0. The van der Waals surface area contributed by atoms with Crippen molar-refractivity contribution in [1.82, 2.24) is 4.31 Å². The Labute approximate surface area is 81.4 Å². The third-order valence-electron chi connectivity index (χ3n) is 2.80. The Morgan fingerprint density at radius 3 is 2.54 bits per heavy atom. The zero-order chi connectivity index (χ0) is 9.64. The number of rotatable bonds is 1. The van der Waals surface area contributed by atoms with Crippen LogP contribution in [-0.2, 0) is 14.0 Å². The van der Waals surface area contributed by atoms with E-state index < -0.39 is 9.24 Å². The largest absolute Gasteiger partial charge is 0.324 e. The van der Waals surface area contributed by atoms with Gasteiger partial charge in [0.15, 0.2) is 0 Å². The molecular weight excluding hydrogens is 214 g/mol. The maximum atomic E-state index is 11.3. The van der Waals surface area contributed by atoms with E-state index in [0.29, 0.717) is 0 Å². The molecule has 6 heteroatoms. The molecule has 13 heavy (non-hydrogen) atoms.